The van der Waals surface area contributed by atoms with Gasteiger partial charge in [0, 0.05) is 50.4 Å². The second-order valence-electron chi connectivity index (χ2n) is 8.62. The summed E-state index contributed by atoms with van der Waals surface area (Å²) in [5, 5.41) is 2.99. The van der Waals surface area contributed by atoms with E-state index in [1.165, 1.54) is 0 Å². The van der Waals surface area contributed by atoms with Gasteiger partial charge in [0.05, 0.1) is 0 Å². The average molecular weight is 450 g/mol. The molecule has 0 radical (unpaired) electrons. The number of piperidine rings is 1. The lowest BCUT2D eigenvalue weighted by Gasteiger charge is -2.34. The summed E-state index contributed by atoms with van der Waals surface area (Å²) in [4.78, 5) is 32.0. The minimum atomic E-state index is -0.0623. The molecule has 1 fully saturated rings. The molecule has 0 unspecified atom stereocenters. The number of hydrogen-bond donors (Lipinski definition) is 1. The maximum Gasteiger partial charge on any atom is 0.253 e. The summed E-state index contributed by atoms with van der Waals surface area (Å²) in [6.07, 6.45) is 2.45. The molecule has 2 amide bonds. The first kappa shape index (κ1) is 23.0. The van der Waals surface area contributed by atoms with Crippen LogP contribution in [0.1, 0.15) is 36.5 Å². The van der Waals surface area contributed by atoms with Crippen LogP contribution in [-0.4, -0.2) is 55.0 Å². The number of ether oxygens (including phenoxy) is 1. The van der Waals surface area contributed by atoms with Gasteiger partial charge in [0.1, 0.15) is 5.52 Å². The van der Waals surface area contributed by atoms with E-state index >= 15 is 0 Å². The van der Waals surface area contributed by atoms with Gasteiger partial charge in [0.2, 0.25) is 11.8 Å². The maximum atomic E-state index is 13.1. The smallest absolute Gasteiger partial charge is 0.253 e. The maximum absolute atomic E-state index is 13.1. The van der Waals surface area contributed by atoms with Gasteiger partial charge in [-0.3, -0.25) is 9.59 Å². The van der Waals surface area contributed by atoms with Crippen LogP contribution in [0.3, 0.4) is 0 Å². The number of rotatable bonds is 8. The Morgan fingerprint density at radius 1 is 1.18 bits per heavy atom. The van der Waals surface area contributed by atoms with Gasteiger partial charge in [-0.1, -0.05) is 25.1 Å². The number of nitrogens with one attached hydrogen (secondary N) is 1. The zero-order valence-corrected chi connectivity index (χ0v) is 19.3. The van der Waals surface area contributed by atoms with Gasteiger partial charge in [-0.15, -0.1) is 0 Å². The molecule has 7 heteroatoms. The summed E-state index contributed by atoms with van der Waals surface area (Å²) in [6.45, 7) is 4.55. The number of oxazole rings is 1. The standard InChI is InChI=1S/C26H31N3O4/c1-18(24(30)27-13-6-16-32-2)19-11-14-29(15-12-19)26(31)21-9-10-23-22(17-21)28-25(33-23)20-7-4-3-5-8-20/h3-5,7-10,17-19H,6,11-16H2,1-2H3,(H,27,30)/t18-/m0/s1. The van der Waals surface area contributed by atoms with Crippen molar-refractivity contribution in [1.82, 2.24) is 15.2 Å². The van der Waals surface area contributed by atoms with E-state index in [9.17, 15) is 9.59 Å². The van der Waals surface area contributed by atoms with Gasteiger partial charge in [-0.25, -0.2) is 4.98 Å². The highest BCUT2D eigenvalue weighted by atomic mass is 16.5. The minimum Gasteiger partial charge on any atom is -0.436 e. The van der Waals surface area contributed by atoms with E-state index in [0.29, 0.717) is 48.8 Å². The van der Waals surface area contributed by atoms with Crippen molar-refractivity contribution >= 4 is 22.9 Å². The van der Waals surface area contributed by atoms with Gasteiger partial charge in [0.25, 0.3) is 5.91 Å². The number of carbonyl (C=O) groups is 2. The molecule has 174 valence electrons. The fourth-order valence-electron chi connectivity index (χ4n) is 4.35. The first-order valence-electron chi connectivity index (χ1n) is 11.6. The van der Waals surface area contributed by atoms with Crippen molar-refractivity contribution in [2.24, 2.45) is 11.8 Å². The van der Waals surface area contributed by atoms with Crippen LogP contribution in [0.2, 0.25) is 0 Å². The minimum absolute atomic E-state index is 0.00344. The predicted molar refractivity (Wildman–Crippen MR) is 127 cm³/mol. The molecule has 1 saturated heterocycles. The molecule has 2 aromatic carbocycles. The Kier molecular flexibility index (Phi) is 7.40. The van der Waals surface area contributed by atoms with E-state index in [-0.39, 0.29) is 23.7 Å². The van der Waals surface area contributed by atoms with Crippen LogP contribution in [0, 0.1) is 11.8 Å². The molecule has 0 saturated carbocycles. The Balaban J connectivity index is 1.35. The fraction of sp³-hybridized carbons (Fsp3) is 0.423. The molecule has 3 aromatic rings. The van der Waals surface area contributed by atoms with Crippen molar-refractivity contribution in [2.45, 2.75) is 26.2 Å². The van der Waals surface area contributed by atoms with E-state index in [4.69, 9.17) is 9.15 Å². The molecule has 0 aliphatic carbocycles. The van der Waals surface area contributed by atoms with Gasteiger partial charge >= 0.3 is 0 Å². The van der Waals surface area contributed by atoms with Gasteiger partial charge in [0.15, 0.2) is 5.58 Å². The highest BCUT2D eigenvalue weighted by Crippen LogP contribution is 2.28. The molecular weight excluding hydrogens is 418 g/mol. The van der Waals surface area contributed by atoms with Crippen LogP contribution < -0.4 is 5.32 Å². The van der Waals surface area contributed by atoms with Crippen molar-refractivity contribution in [3.63, 3.8) is 0 Å². The summed E-state index contributed by atoms with van der Waals surface area (Å²) in [7, 11) is 1.66. The molecule has 4 rings (SSSR count). The van der Waals surface area contributed by atoms with Crippen LogP contribution in [0.15, 0.2) is 52.9 Å². The monoisotopic (exact) mass is 449 g/mol. The van der Waals surface area contributed by atoms with E-state index < -0.39 is 0 Å². The number of likely N-dealkylation sites (tertiary alicyclic amines) is 1. The lowest BCUT2D eigenvalue weighted by molar-refractivity contribution is -0.126. The third kappa shape index (κ3) is 5.42. The molecule has 0 spiro atoms. The number of amides is 2. The van der Waals surface area contributed by atoms with E-state index in [2.05, 4.69) is 10.3 Å². The molecule has 1 atom stereocenters. The van der Waals surface area contributed by atoms with Crippen molar-refractivity contribution in [2.75, 3.05) is 33.4 Å². The van der Waals surface area contributed by atoms with Crippen LogP contribution in [0.5, 0.6) is 0 Å². The largest absolute Gasteiger partial charge is 0.436 e. The summed E-state index contributed by atoms with van der Waals surface area (Å²) >= 11 is 0. The number of methoxy groups -OCH3 is 1. The molecule has 1 aliphatic rings. The Bertz CT molecular complexity index is 1090. The number of fused-ring (bicyclic) bond motifs is 1. The Morgan fingerprint density at radius 2 is 1.94 bits per heavy atom. The number of nitrogens with zero attached hydrogens (tertiary/aromatic N) is 2. The van der Waals surface area contributed by atoms with Crippen molar-refractivity contribution in [3.05, 3.63) is 54.1 Å². The first-order chi connectivity index (χ1) is 16.1. The molecule has 1 N–H and O–H groups in total. The van der Waals surface area contributed by atoms with Gasteiger partial charge < -0.3 is 19.4 Å². The third-order valence-electron chi connectivity index (χ3n) is 6.43. The van der Waals surface area contributed by atoms with Crippen LogP contribution in [-0.2, 0) is 9.53 Å². The van der Waals surface area contributed by atoms with E-state index in [1.54, 1.807) is 19.2 Å². The summed E-state index contributed by atoms with van der Waals surface area (Å²) < 4.78 is 10.9. The number of benzene rings is 2. The second kappa shape index (κ2) is 10.6. The number of aromatic nitrogens is 1. The summed E-state index contributed by atoms with van der Waals surface area (Å²) in [6, 6.07) is 15.1. The lowest BCUT2D eigenvalue weighted by Crippen LogP contribution is -2.42. The summed E-state index contributed by atoms with van der Waals surface area (Å²) in [5.41, 5.74) is 2.85. The third-order valence-corrected chi connectivity index (χ3v) is 6.43. The zero-order valence-electron chi connectivity index (χ0n) is 19.3. The highest BCUT2D eigenvalue weighted by Gasteiger charge is 2.30. The molecule has 1 aliphatic heterocycles. The number of hydrogen-bond acceptors (Lipinski definition) is 5. The average Bonchev–Trinajstić information content (AvgIpc) is 3.30. The lowest BCUT2D eigenvalue weighted by atomic mass is 9.84. The van der Waals surface area contributed by atoms with E-state index in [0.717, 1.165) is 24.8 Å². The molecular formula is C26H31N3O4. The Labute approximate surface area is 194 Å². The van der Waals surface area contributed by atoms with Crippen molar-refractivity contribution in [1.29, 1.82) is 0 Å². The normalized spacial score (nSPS) is 15.5. The molecule has 2 heterocycles. The second-order valence-corrected chi connectivity index (χ2v) is 8.62. The Morgan fingerprint density at radius 3 is 2.67 bits per heavy atom. The van der Waals surface area contributed by atoms with Crippen LogP contribution in [0.25, 0.3) is 22.6 Å². The van der Waals surface area contributed by atoms with Crippen LogP contribution >= 0.6 is 0 Å². The van der Waals surface area contributed by atoms with Gasteiger partial charge in [-0.2, -0.15) is 0 Å². The molecule has 0 bridgehead atoms. The van der Waals surface area contributed by atoms with Crippen molar-refractivity contribution < 1.29 is 18.7 Å². The number of carbonyl (C=O) groups excluding carboxylic acids is 2. The van der Waals surface area contributed by atoms with Gasteiger partial charge in [-0.05, 0) is 55.5 Å². The van der Waals surface area contributed by atoms with Crippen LogP contribution in [0.4, 0.5) is 0 Å². The highest BCUT2D eigenvalue weighted by molar-refractivity contribution is 5.97. The quantitative estimate of drug-likeness (QED) is 0.523. The SMILES string of the molecule is COCCCNC(=O)[C@@H](C)C1CCN(C(=O)c2ccc3oc(-c4ccccc4)nc3c2)CC1. The first-order valence-corrected chi connectivity index (χ1v) is 11.6. The molecule has 1 aromatic heterocycles. The van der Waals surface area contributed by atoms with Crippen molar-refractivity contribution in [3.8, 4) is 11.5 Å². The molecule has 7 nitrogen and oxygen atoms in total. The topological polar surface area (TPSA) is 84.7 Å². The zero-order chi connectivity index (χ0) is 23.2. The molecule has 33 heavy (non-hydrogen) atoms. The Hall–Kier alpha value is -3.19. The predicted octanol–water partition coefficient (Wildman–Crippen LogP) is 4.14. The van der Waals surface area contributed by atoms with E-state index in [1.807, 2.05) is 48.2 Å². The fourth-order valence-corrected chi connectivity index (χ4v) is 4.35. The summed E-state index contributed by atoms with van der Waals surface area (Å²) in [5.74, 6) is 0.846.